The molecule has 7 nitrogen and oxygen atoms in total. The van der Waals surface area contributed by atoms with Crippen LogP contribution >= 0.6 is 11.6 Å². The average Bonchev–Trinajstić information content (AvgIpc) is 2.68. The molecule has 1 aliphatic rings. The first kappa shape index (κ1) is 21.4. The quantitative estimate of drug-likeness (QED) is 0.572. The number of barbiturate groups is 1. The zero-order valence-corrected chi connectivity index (χ0v) is 17.7. The van der Waals surface area contributed by atoms with Crippen LogP contribution in [0.3, 0.4) is 0 Å². The van der Waals surface area contributed by atoms with Crippen LogP contribution in [0.1, 0.15) is 25.0 Å². The van der Waals surface area contributed by atoms with Gasteiger partial charge in [0.1, 0.15) is 5.57 Å². The Morgan fingerprint density at radius 3 is 2.47 bits per heavy atom. The van der Waals surface area contributed by atoms with Gasteiger partial charge in [-0.2, -0.15) is 0 Å². The molecule has 0 atom stereocenters. The number of rotatable bonds is 5. The fourth-order valence-electron chi connectivity index (χ4n) is 2.99. The molecule has 0 spiro atoms. The Morgan fingerprint density at radius 1 is 1.07 bits per heavy atom. The van der Waals surface area contributed by atoms with E-state index in [-0.39, 0.29) is 11.7 Å². The molecule has 1 saturated heterocycles. The van der Waals surface area contributed by atoms with Crippen LogP contribution in [0.5, 0.6) is 11.5 Å². The van der Waals surface area contributed by atoms with E-state index in [0.717, 1.165) is 4.90 Å². The Labute approximate surface area is 179 Å². The summed E-state index contributed by atoms with van der Waals surface area (Å²) in [6.07, 6.45) is 1.35. The summed E-state index contributed by atoms with van der Waals surface area (Å²) < 4.78 is 11.0. The molecule has 0 saturated carbocycles. The minimum Gasteiger partial charge on any atom is -0.493 e. The molecule has 3 rings (SSSR count). The number of hydrogen-bond donors (Lipinski definition) is 1. The van der Waals surface area contributed by atoms with E-state index in [1.807, 2.05) is 13.8 Å². The topological polar surface area (TPSA) is 84.9 Å². The number of nitrogens with one attached hydrogen (secondary N) is 1. The van der Waals surface area contributed by atoms with Crippen molar-refractivity contribution in [3.63, 3.8) is 0 Å². The molecule has 1 N–H and O–H groups in total. The standard InChI is InChI=1S/C22H21ClN2O5/c1-12(2)30-18-8-6-14(10-19(18)29-4)9-16-20(26)24-22(28)25(21(16)27)17-11-15(23)7-5-13(17)3/h5-12H,1-4H3,(H,24,26,28)/b16-9+. The van der Waals surface area contributed by atoms with Crippen molar-refractivity contribution >= 4 is 41.2 Å². The van der Waals surface area contributed by atoms with E-state index in [1.165, 1.54) is 19.3 Å². The monoisotopic (exact) mass is 428 g/mol. The van der Waals surface area contributed by atoms with E-state index in [0.29, 0.717) is 33.3 Å². The molecule has 30 heavy (non-hydrogen) atoms. The summed E-state index contributed by atoms with van der Waals surface area (Å²) in [7, 11) is 1.50. The zero-order valence-electron chi connectivity index (χ0n) is 17.0. The summed E-state index contributed by atoms with van der Waals surface area (Å²) in [6.45, 7) is 5.53. The summed E-state index contributed by atoms with van der Waals surface area (Å²) >= 11 is 6.03. The maximum absolute atomic E-state index is 13.1. The van der Waals surface area contributed by atoms with Gasteiger partial charge >= 0.3 is 6.03 Å². The molecule has 2 aromatic carbocycles. The number of aryl methyl sites for hydroxylation is 1. The number of hydrogen-bond acceptors (Lipinski definition) is 5. The van der Waals surface area contributed by atoms with Crippen LogP contribution < -0.4 is 19.7 Å². The van der Waals surface area contributed by atoms with E-state index >= 15 is 0 Å². The molecule has 1 fully saturated rings. The summed E-state index contributed by atoms with van der Waals surface area (Å²) in [4.78, 5) is 38.7. The van der Waals surface area contributed by atoms with Crippen LogP contribution in [-0.4, -0.2) is 31.1 Å². The highest BCUT2D eigenvalue weighted by molar-refractivity contribution is 6.39. The molecule has 0 aliphatic carbocycles. The van der Waals surface area contributed by atoms with Crippen LogP contribution in [0.2, 0.25) is 5.02 Å². The van der Waals surface area contributed by atoms with Gasteiger partial charge in [0.25, 0.3) is 11.8 Å². The van der Waals surface area contributed by atoms with E-state index in [2.05, 4.69) is 5.32 Å². The normalized spacial score (nSPS) is 15.6. The Hall–Kier alpha value is -3.32. The fourth-order valence-corrected chi connectivity index (χ4v) is 3.16. The Bertz CT molecular complexity index is 1060. The molecule has 1 aliphatic heterocycles. The van der Waals surface area contributed by atoms with Crippen molar-refractivity contribution in [1.82, 2.24) is 5.32 Å². The molecule has 0 bridgehead atoms. The zero-order chi connectivity index (χ0) is 22.0. The van der Waals surface area contributed by atoms with E-state index < -0.39 is 17.8 Å². The van der Waals surface area contributed by atoms with Gasteiger partial charge < -0.3 is 9.47 Å². The number of carbonyl (C=O) groups excluding carboxylic acids is 3. The Morgan fingerprint density at radius 2 is 1.80 bits per heavy atom. The first-order valence-corrected chi connectivity index (χ1v) is 9.61. The molecule has 0 unspecified atom stereocenters. The molecule has 4 amide bonds. The summed E-state index contributed by atoms with van der Waals surface area (Å²) in [6, 6.07) is 9.06. The largest absolute Gasteiger partial charge is 0.493 e. The van der Waals surface area contributed by atoms with E-state index in [9.17, 15) is 14.4 Å². The second kappa shape index (κ2) is 8.59. The van der Waals surface area contributed by atoms with Gasteiger partial charge in [0.15, 0.2) is 11.5 Å². The second-order valence-electron chi connectivity index (χ2n) is 6.97. The third-order valence-corrected chi connectivity index (χ3v) is 4.61. The van der Waals surface area contributed by atoms with Crippen molar-refractivity contribution in [2.24, 2.45) is 0 Å². The maximum atomic E-state index is 13.1. The second-order valence-corrected chi connectivity index (χ2v) is 7.40. The molecule has 2 aromatic rings. The van der Waals surface area contributed by atoms with Crippen LogP contribution in [0.4, 0.5) is 10.5 Å². The first-order chi connectivity index (χ1) is 14.2. The Balaban J connectivity index is 2.01. The number of imide groups is 2. The third kappa shape index (κ3) is 4.31. The van der Waals surface area contributed by atoms with Crippen molar-refractivity contribution in [2.45, 2.75) is 26.9 Å². The number of halogens is 1. The maximum Gasteiger partial charge on any atom is 0.335 e. The highest BCUT2D eigenvalue weighted by atomic mass is 35.5. The number of urea groups is 1. The van der Waals surface area contributed by atoms with Gasteiger partial charge in [0.05, 0.1) is 18.9 Å². The summed E-state index contributed by atoms with van der Waals surface area (Å²) in [5.74, 6) is -0.515. The van der Waals surface area contributed by atoms with Crippen molar-refractivity contribution in [2.75, 3.05) is 12.0 Å². The van der Waals surface area contributed by atoms with Crippen LogP contribution in [0, 0.1) is 6.92 Å². The predicted molar refractivity (Wildman–Crippen MR) is 114 cm³/mol. The number of carbonyl (C=O) groups is 3. The lowest BCUT2D eigenvalue weighted by Gasteiger charge is -2.27. The smallest absolute Gasteiger partial charge is 0.335 e. The SMILES string of the molecule is COc1cc(/C=C2\C(=O)NC(=O)N(c3cc(Cl)ccc3C)C2=O)ccc1OC(C)C. The molecular weight excluding hydrogens is 408 g/mol. The minimum atomic E-state index is -0.828. The lowest BCUT2D eigenvalue weighted by Crippen LogP contribution is -2.54. The third-order valence-electron chi connectivity index (χ3n) is 4.38. The van der Waals surface area contributed by atoms with Crippen molar-refractivity contribution in [3.05, 3.63) is 58.1 Å². The van der Waals surface area contributed by atoms with Gasteiger partial charge in [-0.25, -0.2) is 9.69 Å². The molecule has 0 radical (unpaired) electrons. The number of anilines is 1. The van der Waals surface area contributed by atoms with Gasteiger partial charge in [-0.3, -0.25) is 14.9 Å². The van der Waals surface area contributed by atoms with Gasteiger partial charge in [0, 0.05) is 5.02 Å². The summed E-state index contributed by atoms with van der Waals surface area (Å²) in [5.41, 5.74) is 1.32. The molecular formula is C22H21ClN2O5. The van der Waals surface area contributed by atoms with E-state index in [4.69, 9.17) is 21.1 Å². The van der Waals surface area contributed by atoms with Gasteiger partial charge in [0.2, 0.25) is 0 Å². The first-order valence-electron chi connectivity index (χ1n) is 9.23. The minimum absolute atomic E-state index is 0.0469. The average molecular weight is 429 g/mol. The molecule has 8 heteroatoms. The highest BCUT2D eigenvalue weighted by Crippen LogP contribution is 2.31. The van der Waals surface area contributed by atoms with Crippen molar-refractivity contribution in [1.29, 1.82) is 0 Å². The van der Waals surface area contributed by atoms with Crippen LogP contribution in [0.25, 0.3) is 6.08 Å². The highest BCUT2D eigenvalue weighted by Gasteiger charge is 2.37. The lowest BCUT2D eigenvalue weighted by molar-refractivity contribution is -0.122. The van der Waals surface area contributed by atoms with Crippen molar-refractivity contribution in [3.8, 4) is 11.5 Å². The molecule has 156 valence electrons. The predicted octanol–water partition coefficient (Wildman–Crippen LogP) is 4.11. The van der Waals surface area contributed by atoms with Gasteiger partial charge in [-0.1, -0.05) is 23.7 Å². The van der Waals surface area contributed by atoms with Gasteiger partial charge in [-0.15, -0.1) is 0 Å². The Kier molecular flexibility index (Phi) is 6.12. The van der Waals surface area contributed by atoms with Gasteiger partial charge in [-0.05, 0) is 62.2 Å². The molecule has 0 aromatic heterocycles. The number of benzene rings is 2. The number of methoxy groups -OCH3 is 1. The lowest BCUT2D eigenvalue weighted by atomic mass is 10.1. The van der Waals surface area contributed by atoms with Crippen molar-refractivity contribution < 1.29 is 23.9 Å². The van der Waals surface area contributed by atoms with E-state index in [1.54, 1.807) is 37.3 Å². The molecule has 1 heterocycles. The summed E-state index contributed by atoms with van der Waals surface area (Å²) in [5, 5.41) is 2.57. The van der Waals surface area contributed by atoms with Crippen LogP contribution in [0.15, 0.2) is 42.0 Å². The fraction of sp³-hybridized carbons (Fsp3) is 0.227. The number of nitrogens with zero attached hydrogens (tertiary/aromatic N) is 1. The number of ether oxygens (including phenoxy) is 2. The van der Waals surface area contributed by atoms with Crippen LogP contribution in [-0.2, 0) is 9.59 Å². The number of amides is 4.